The predicted molar refractivity (Wildman–Crippen MR) is 68.2 cm³/mol. The Hall–Kier alpha value is -1.57. The van der Waals surface area contributed by atoms with Crippen LogP contribution in [0.3, 0.4) is 0 Å². The Bertz CT molecular complexity index is 595. The standard InChI is InChI=1S/C12H6BrClN2O/c13-9-3-4-10(14)11(6-9)17-12-8(7-15)2-1-5-16-12/h1-6H. The minimum atomic E-state index is 0.245. The SMILES string of the molecule is N#Cc1cccnc1Oc1cc(Br)ccc1Cl. The van der Waals surface area contributed by atoms with Crippen molar-refractivity contribution in [2.24, 2.45) is 0 Å². The lowest BCUT2D eigenvalue weighted by Crippen LogP contribution is -1.91. The topological polar surface area (TPSA) is 45.9 Å². The zero-order chi connectivity index (χ0) is 12.3. The van der Waals surface area contributed by atoms with Crippen molar-refractivity contribution in [3.8, 4) is 17.7 Å². The summed E-state index contributed by atoms with van der Waals surface area (Å²) in [6, 6.07) is 10.5. The van der Waals surface area contributed by atoms with Crippen LogP contribution in [0.2, 0.25) is 5.02 Å². The van der Waals surface area contributed by atoms with Gasteiger partial charge in [0.2, 0.25) is 5.88 Å². The first-order valence-electron chi connectivity index (χ1n) is 4.69. The third-order valence-electron chi connectivity index (χ3n) is 1.99. The van der Waals surface area contributed by atoms with E-state index in [-0.39, 0.29) is 5.88 Å². The average molecular weight is 310 g/mol. The molecule has 0 atom stereocenters. The van der Waals surface area contributed by atoms with Crippen LogP contribution in [0.1, 0.15) is 5.56 Å². The van der Waals surface area contributed by atoms with Crippen molar-refractivity contribution < 1.29 is 4.74 Å². The number of aromatic nitrogens is 1. The summed E-state index contributed by atoms with van der Waals surface area (Å²) < 4.78 is 6.36. The largest absolute Gasteiger partial charge is 0.436 e. The third kappa shape index (κ3) is 2.76. The van der Waals surface area contributed by atoms with Crippen molar-refractivity contribution in [2.75, 3.05) is 0 Å². The summed E-state index contributed by atoms with van der Waals surface area (Å²) in [5.74, 6) is 0.700. The molecular formula is C12H6BrClN2O. The molecule has 2 rings (SSSR count). The fraction of sp³-hybridized carbons (Fsp3) is 0. The summed E-state index contributed by atoms with van der Waals surface area (Å²) in [5, 5.41) is 9.37. The molecule has 0 unspecified atom stereocenters. The molecule has 0 amide bonds. The van der Waals surface area contributed by atoms with Gasteiger partial charge in [0.05, 0.1) is 5.02 Å². The van der Waals surface area contributed by atoms with Crippen LogP contribution < -0.4 is 4.74 Å². The van der Waals surface area contributed by atoms with Crippen molar-refractivity contribution in [3.63, 3.8) is 0 Å². The van der Waals surface area contributed by atoms with Gasteiger partial charge < -0.3 is 4.74 Å². The van der Waals surface area contributed by atoms with Gasteiger partial charge in [-0.25, -0.2) is 4.98 Å². The molecule has 3 nitrogen and oxygen atoms in total. The predicted octanol–water partition coefficient (Wildman–Crippen LogP) is 4.16. The number of hydrogen-bond donors (Lipinski definition) is 0. The maximum absolute atomic E-state index is 8.91. The number of nitriles is 1. The van der Waals surface area contributed by atoms with Gasteiger partial charge in [0, 0.05) is 10.7 Å². The van der Waals surface area contributed by atoms with Crippen molar-refractivity contribution in [1.82, 2.24) is 4.98 Å². The van der Waals surface area contributed by atoms with Gasteiger partial charge in [-0.15, -0.1) is 0 Å². The molecule has 0 spiro atoms. The molecule has 1 heterocycles. The van der Waals surface area contributed by atoms with E-state index in [2.05, 4.69) is 20.9 Å². The molecule has 5 heteroatoms. The van der Waals surface area contributed by atoms with E-state index in [1.807, 2.05) is 6.07 Å². The summed E-state index contributed by atoms with van der Waals surface area (Å²) in [4.78, 5) is 4.00. The highest BCUT2D eigenvalue weighted by Crippen LogP contribution is 2.32. The molecule has 0 N–H and O–H groups in total. The summed E-state index contributed by atoms with van der Waals surface area (Å²) in [7, 11) is 0. The quantitative estimate of drug-likeness (QED) is 0.836. The van der Waals surface area contributed by atoms with Gasteiger partial charge in [-0.3, -0.25) is 0 Å². The molecular weight excluding hydrogens is 304 g/mol. The summed E-state index contributed by atoms with van der Waals surface area (Å²) in [6.45, 7) is 0. The second kappa shape index (κ2) is 5.17. The van der Waals surface area contributed by atoms with Gasteiger partial charge in [0.15, 0.2) is 0 Å². The van der Waals surface area contributed by atoms with Crippen LogP contribution in [-0.4, -0.2) is 4.98 Å². The van der Waals surface area contributed by atoms with Crippen molar-refractivity contribution in [3.05, 3.63) is 51.6 Å². The van der Waals surface area contributed by atoms with Crippen LogP contribution in [0.4, 0.5) is 0 Å². The number of nitrogens with zero attached hydrogens (tertiary/aromatic N) is 2. The van der Waals surface area contributed by atoms with Crippen LogP contribution in [0.5, 0.6) is 11.6 Å². The fourth-order valence-electron chi connectivity index (χ4n) is 1.22. The number of halogens is 2. The van der Waals surface area contributed by atoms with Crippen molar-refractivity contribution >= 4 is 27.5 Å². The highest BCUT2D eigenvalue weighted by molar-refractivity contribution is 9.10. The Morgan fingerprint density at radius 2 is 2.18 bits per heavy atom. The maximum atomic E-state index is 8.91. The van der Waals surface area contributed by atoms with Crippen molar-refractivity contribution in [1.29, 1.82) is 5.26 Å². The molecule has 0 aliphatic heterocycles. The number of ether oxygens (including phenoxy) is 1. The Morgan fingerprint density at radius 3 is 2.94 bits per heavy atom. The normalized spacial score (nSPS) is 9.71. The molecule has 0 aliphatic carbocycles. The fourth-order valence-corrected chi connectivity index (χ4v) is 1.71. The number of hydrogen-bond acceptors (Lipinski definition) is 3. The molecule has 0 fully saturated rings. The highest BCUT2D eigenvalue weighted by atomic mass is 79.9. The van der Waals surface area contributed by atoms with E-state index < -0.39 is 0 Å². The molecule has 1 aromatic heterocycles. The number of pyridine rings is 1. The van der Waals surface area contributed by atoms with Gasteiger partial charge >= 0.3 is 0 Å². The van der Waals surface area contributed by atoms with E-state index in [0.717, 1.165) is 4.47 Å². The van der Waals surface area contributed by atoms with E-state index in [4.69, 9.17) is 21.6 Å². The highest BCUT2D eigenvalue weighted by Gasteiger charge is 2.08. The third-order valence-corrected chi connectivity index (χ3v) is 2.80. The van der Waals surface area contributed by atoms with Gasteiger partial charge in [-0.1, -0.05) is 27.5 Å². The molecule has 0 saturated carbocycles. The smallest absolute Gasteiger partial charge is 0.237 e. The average Bonchev–Trinajstić information content (AvgIpc) is 2.34. The molecule has 17 heavy (non-hydrogen) atoms. The van der Waals surface area contributed by atoms with E-state index in [1.54, 1.807) is 36.5 Å². The summed E-state index contributed by atoms with van der Waals surface area (Å²) in [5.41, 5.74) is 0.364. The summed E-state index contributed by atoms with van der Waals surface area (Å²) >= 11 is 9.31. The monoisotopic (exact) mass is 308 g/mol. The van der Waals surface area contributed by atoms with Gasteiger partial charge in [-0.05, 0) is 30.3 Å². The number of benzene rings is 1. The van der Waals surface area contributed by atoms with E-state index in [1.165, 1.54) is 0 Å². The van der Waals surface area contributed by atoms with E-state index in [0.29, 0.717) is 16.3 Å². The first-order valence-corrected chi connectivity index (χ1v) is 5.86. The Morgan fingerprint density at radius 1 is 1.35 bits per heavy atom. The minimum absolute atomic E-state index is 0.245. The first-order chi connectivity index (χ1) is 8.20. The van der Waals surface area contributed by atoms with Crippen LogP contribution in [0.25, 0.3) is 0 Å². The first kappa shape index (κ1) is 11.9. The van der Waals surface area contributed by atoms with Gasteiger partial charge in [0.1, 0.15) is 17.4 Å². The minimum Gasteiger partial charge on any atom is -0.436 e. The molecule has 2 aromatic rings. The van der Waals surface area contributed by atoms with E-state index in [9.17, 15) is 0 Å². The Balaban J connectivity index is 2.38. The summed E-state index contributed by atoms with van der Waals surface area (Å²) in [6.07, 6.45) is 1.56. The second-order valence-corrected chi connectivity index (χ2v) is 4.47. The van der Waals surface area contributed by atoms with Crippen molar-refractivity contribution in [2.45, 2.75) is 0 Å². The number of rotatable bonds is 2. The molecule has 0 radical (unpaired) electrons. The Kier molecular flexibility index (Phi) is 3.62. The Labute approximate surface area is 112 Å². The molecule has 0 aliphatic rings. The molecule has 1 aromatic carbocycles. The second-order valence-electron chi connectivity index (χ2n) is 3.14. The zero-order valence-electron chi connectivity index (χ0n) is 8.52. The van der Waals surface area contributed by atoms with Gasteiger partial charge in [0.25, 0.3) is 0 Å². The lowest BCUT2D eigenvalue weighted by atomic mass is 10.3. The molecule has 0 bridgehead atoms. The van der Waals surface area contributed by atoms with Crippen LogP contribution in [-0.2, 0) is 0 Å². The zero-order valence-corrected chi connectivity index (χ0v) is 10.9. The van der Waals surface area contributed by atoms with E-state index >= 15 is 0 Å². The van der Waals surface area contributed by atoms with Gasteiger partial charge in [-0.2, -0.15) is 5.26 Å². The molecule has 84 valence electrons. The lowest BCUT2D eigenvalue weighted by molar-refractivity contribution is 0.461. The van der Waals surface area contributed by atoms with Crippen LogP contribution in [0, 0.1) is 11.3 Å². The molecule has 0 saturated heterocycles. The van der Waals surface area contributed by atoms with Crippen LogP contribution >= 0.6 is 27.5 Å². The maximum Gasteiger partial charge on any atom is 0.237 e. The lowest BCUT2D eigenvalue weighted by Gasteiger charge is -2.07. The van der Waals surface area contributed by atoms with Crippen LogP contribution in [0.15, 0.2) is 41.0 Å².